The fourth-order valence-electron chi connectivity index (χ4n) is 3.31. The predicted molar refractivity (Wildman–Crippen MR) is 105 cm³/mol. The third-order valence-electron chi connectivity index (χ3n) is 4.78. The number of fused-ring (bicyclic) bond motifs is 1. The van der Waals surface area contributed by atoms with Crippen LogP contribution in [-0.4, -0.2) is 54.7 Å². The van der Waals surface area contributed by atoms with E-state index in [1.54, 1.807) is 32.7 Å². The van der Waals surface area contributed by atoms with Gasteiger partial charge >= 0.3 is 12.1 Å². The van der Waals surface area contributed by atoms with Gasteiger partial charge in [0.2, 0.25) is 5.91 Å². The second-order valence-corrected chi connectivity index (χ2v) is 8.09. The Morgan fingerprint density at radius 1 is 1.18 bits per heavy atom. The van der Waals surface area contributed by atoms with Crippen LogP contribution in [0.15, 0.2) is 24.3 Å². The van der Waals surface area contributed by atoms with Crippen LogP contribution in [0, 0.1) is 0 Å². The van der Waals surface area contributed by atoms with Crippen molar-refractivity contribution in [2.45, 2.75) is 64.1 Å². The summed E-state index contributed by atoms with van der Waals surface area (Å²) in [5, 5.41) is 2.62. The third-order valence-corrected chi connectivity index (χ3v) is 4.78. The molecule has 28 heavy (non-hydrogen) atoms. The van der Waals surface area contributed by atoms with Gasteiger partial charge in [0.1, 0.15) is 11.6 Å². The molecule has 0 saturated carbocycles. The van der Waals surface area contributed by atoms with E-state index in [4.69, 9.17) is 4.74 Å². The smallest absolute Gasteiger partial charge is 0.408 e. The van der Waals surface area contributed by atoms with E-state index < -0.39 is 23.7 Å². The molecule has 0 radical (unpaired) electrons. The summed E-state index contributed by atoms with van der Waals surface area (Å²) in [6, 6.07) is 7.29. The zero-order valence-corrected chi connectivity index (χ0v) is 17.3. The summed E-state index contributed by atoms with van der Waals surface area (Å²) >= 11 is 0. The van der Waals surface area contributed by atoms with Gasteiger partial charge in [-0.1, -0.05) is 24.3 Å². The molecule has 2 amide bonds. The topological polar surface area (TPSA) is 84.9 Å². The predicted octanol–water partition coefficient (Wildman–Crippen LogP) is 2.46. The Morgan fingerprint density at radius 3 is 2.25 bits per heavy atom. The molecule has 0 aromatic heterocycles. The Hall–Kier alpha value is -2.57. The highest BCUT2D eigenvalue weighted by atomic mass is 16.6. The molecule has 1 aliphatic rings. The molecule has 1 aliphatic carbocycles. The minimum Gasteiger partial charge on any atom is -0.469 e. The molecule has 1 N–H and O–H groups in total. The summed E-state index contributed by atoms with van der Waals surface area (Å²) in [4.78, 5) is 38.5. The van der Waals surface area contributed by atoms with Gasteiger partial charge in [0.05, 0.1) is 7.11 Å². The number of amides is 2. The number of esters is 1. The summed E-state index contributed by atoms with van der Waals surface area (Å²) in [6.45, 7) is 5.25. The van der Waals surface area contributed by atoms with Crippen molar-refractivity contribution in [2.75, 3.05) is 14.2 Å². The molecule has 0 saturated heterocycles. The van der Waals surface area contributed by atoms with E-state index in [-0.39, 0.29) is 24.8 Å². The van der Waals surface area contributed by atoms with Crippen LogP contribution >= 0.6 is 0 Å². The van der Waals surface area contributed by atoms with Gasteiger partial charge in [-0.15, -0.1) is 0 Å². The molecule has 7 heteroatoms. The van der Waals surface area contributed by atoms with Crippen molar-refractivity contribution in [3.05, 3.63) is 35.4 Å². The second-order valence-electron chi connectivity index (χ2n) is 8.09. The first kappa shape index (κ1) is 21.7. The van der Waals surface area contributed by atoms with Gasteiger partial charge in [-0.3, -0.25) is 9.59 Å². The zero-order chi connectivity index (χ0) is 20.9. The van der Waals surface area contributed by atoms with E-state index in [2.05, 4.69) is 22.2 Å². The third kappa shape index (κ3) is 5.97. The molecule has 154 valence electrons. The maximum absolute atomic E-state index is 13.1. The number of benzene rings is 1. The average molecular weight is 390 g/mol. The number of nitrogens with one attached hydrogen (secondary N) is 1. The SMILES string of the molecule is COC(=O)CC[C@H](NC(=O)OC(C)(C)C)C(=O)N(C)C1Cc2ccccc2C1. The first-order valence-corrected chi connectivity index (χ1v) is 9.50. The lowest BCUT2D eigenvalue weighted by atomic mass is 10.1. The number of rotatable bonds is 6. The van der Waals surface area contributed by atoms with E-state index in [1.165, 1.54) is 18.2 Å². The monoisotopic (exact) mass is 390 g/mol. The van der Waals surface area contributed by atoms with Crippen LogP contribution in [0.1, 0.15) is 44.7 Å². The second kappa shape index (κ2) is 9.08. The molecule has 1 aromatic rings. The van der Waals surface area contributed by atoms with Gasteiger partial charge in [-0.25, -0.2) is 4.79 Å². The number of hydrogen-bond acceptors (Lipinski definition) is 5. The molecule has 2 rings (SSSR count). The van der Waals surface area contributed by atoms with Crippen molar-refractivity contribution < 1.29 is 23.9 Å². The van der Waals surface area contributed by atoms with Crippen molar-refractivity contribution in [1.29, 1.82) is 0 Å². The number of carbonyl (C=O) groups is 3. The maximum Gasteiger partial charge on any atom is 0.408 e. The van der Waals surface area contributed by atoms with E-state index in [0.29, 0.717) is 0 Å². The number of carbonyl (C=O) groups excluding carboxylic acids is 3. The molecule has 0 unspecified atom stereocenters. The Labute approximate surface area is 166 Å². The number of likely N-dealkylation sites (N-methyl/N-ethyl adjacent to an activating group) is 1. The summed E-state index contributed by atoms with van der Waals surface area (Å²) in [7, 11) is 3.03. The normalized spacial score (nSPS) is 14.8. The van der Waals surface area contributed by atoms with Gasteiger partial charge < -0.3 is 19.7 Å². The summed E-state index contributed by atoms with van der Waals surface area (Å²) in [6.07, 6.45) is 1.04. The first-order valence-electron chi connectivity index (χ1n) is 9.50. The standard InChI is InChI=1S/C21H30N2O5/c1-21(2,3)28-20(26)22-17(10-11-18(24)27-5)19(25)23(4)16-12-14-8-6-7-9-15(14)13-16/h6-9,16-17H,10-13H2,1-5H3,(H,22,26)/t17-/m0/s1. The lowest BCUT2D eigenvalue weighted by Gasteiger charge is -2.30. The lowest BCUT2D eigenvalue weighted by Crippen LogP contribution is -2.51. The van der Waals surface area contributed by atoms with Crippen LogP contribution in [0.3, 0.4) is 0 Å². The Morgan fingerprint density at radius 2 is 1.75 bits per heavy atom. The summed E-state index contributed by atoms with van der Waals surface area (Å²) in [5.41, 5.74) is 1.79. The van der Waals surface area contributed by atoms with Crippen LogP contribution < -0.4 is 5.32 Å². The Bertz CT molecular complexity index is 701. The quantitative estimate of drug-likeness (QED) is 0.754. The first-order chi connectivity index (χ1) is 13.1. The molecular weight excluding hydrogens is 360 g/mol. The van der Waals surface area contributed by atoms with Crippen LogP contribution in [0.4, 0.5) is 4.79 Å². The van der Waals surface area contributed by atoms with Crippen molar-refractivity contribution in [1.82, 2.24) is 10.2 Å². The van der Waals surface area contributed by atoms with Gasteiger partial charge in [-0.05, 0) is 51.2 Å². The van der Waals surface area contributed by atoms with Crippen LogP contribution in [-0.2, 0) is 31.9 Å². The minimum atomic E-state index is -0.859. The molecule has 1 aromatic carbocycles. The summed E-state index contributed by atoms with van der Waals surface area (Å²) < 4.78 is 9.93. The van der Waals surface area contributed by atoms with Crippen molar-refractivity contribution >= 4 is 18.0 Å². The largest absolute Gasteiger partial charge is 0.469 e. The molecule has 7 nitrogen and oxygen atoms in total. The minimum absolute atomic E-state index is 0.0194. The molecule has 1 atom stereocenters. The number of nitrogens with zero attached hydrogens (tertiary/aromatic N) is 1. The fourth-order valence-corrected chi connectivity index (χ4v) is 3.31. The van der Waals surface area contributed by atoms with E-state index in [9.17, 15) is 14.4 Å². The molecular formula is C21H30N2O5. The number of alkyl carbamates (subject to hydrolysis) is 1. The molecule has 0 aliphatic heterocycles. The van der Waals surface area contributed by atoms with Gasteiger partial charge in [0.25, 0.3) is 0 Å². The highest BCUT2D eigenvalue weighted by molar-refractivity contribution is 5.86. The Balaban J connectivity index is 2.06. The van der Waals surface area contributed by atoms with Crippen LogP contribution in [0.5, 0.6) is 0 Å². The average Bonchev–Trinajstić information content (AvgIpc) is 3.06. The van der Waals surface area contributed by atoms with Crippen molar-refractivity contribution in [2.24, 2.45) is 0 Å². The van der Waals surface area contributed by atoms with Crippen molar-refractivity contribution in [3.8, 4) is 0 Å². The van der Waals surface area contributed by atoms with Gasteiger partial charge in [-0.2, -0.15) is 0 Å². The molecule has 0 bridgehead atoms. The Kier molecular flexibility index (Phi) is 7.05. The molecule has 0 spiro atoms. The van der Waals surface area contributed by atoms with Gasteiger partial charge in [0, 0.05) is 19.5 Å². The lowest BCUT2D eigenvalue weighted by molar-refractivity contribution is -0.141. The van der Waals surface area contributed by atoms with Gasteiger partial charge in [0.15, 0.2) is 0 Å². The highest BCUT2D eigenvalue weighted by Gasteiger charge is 2.33. The van der Waals surface area contributed by atoms with Crippen LogP contribution in [0.25, 0.3) is 0 Å². The van der Waals surface area contributed by atoms with E-state index in [0.717, 1.165) is 12.8 Å². The van der Waals surface area contributed by atoms with E-state index in [1.807, 2.05) is 12.1 Å². The molecule has 0 heterocycles. The maximum atomic E-state index is 13.1. The van der Waals surface area contributed by atoms with Crippen LogP contribution in [0.2, 0.25) is 0 Å². The van der Waals surface area contributed by atoms with Crippen molar-refractivity contribution in [3.63, 3.8) is 0 Å². The van der Waals surface area contributed by atoms with E-state index >= 15 is 0 Å². The number of ether oxygens (including phenoxy) is 2. The highest BCUT2D eigenvalue weighted by Crippen LogP contribution is 2.25. The molecule has 0 fully saturated rings. The fraction of sp³-hybridized carbons (Fsp3) is 0.571. The summed E-state index contributed by atoms with van der Waals surface area (Å²) in [5.74, 6) is -0.674. The number of hydrogen-bond donors (Lipinski definition) is 1. The zero-order valence-electron chi connectivity index (χ0n) is 17.3. The number of methoxy groups -OCH3 is 1.